The van der Waals surface area contributed by atoms with Crippen molar-refractivity contribution in [1.29, 1.82) is 0 Å². The molecule has 0 radical (unpaired) electrons. The van der Waals surface area contributed by atoms with E-state index >= 15 is 0 Å². The number of H-pyrrole nitrogens is 1. The quantitative estimate of drug-likeness (QED) is 0.502. The zero-order chi connectivity index (χ0) is 20.0. The summed E-state index contributed by atoms with van der Waals surface area (Å²) in [6, 6.07) is 11.7. The van der Waals surface area contributed by atoms with E-state index in [1.807, 2.05) is 23.1 Å². The van der Waals surface area contributed by atoms with E-state index in [1.54, 1.807) is 23.6 Å². The van der Waals surface area contributed by atoms with Crippen molar-refractivity contribution in [2.24, 2.45) is 0 Å². The lowest BCUT2D eigenvalue weighted by Crippen LogP contribution is -2.40. The molecule has 5 rings (SSSR count). The second kappa shape index (κ2) is 7.24. The van der Waals surface area contributed by atoms with Gasteiger partial charge in [0.25, 0.3) is 0 Å². The highest BCUT2D eigenvalue weighted by molar-refractivity contribution is 7.18. The van der Waals surface area contributed by atoms with Crippen molar-refractivity contribution in [2.75, 3.05) is 13.1 Å². The van der Waals surface area contributed by atoms with Gasteiger partial charge >= 0.3 is 5.97 Å². The highest BCUT2D eigenvalue weighted by atomic mass is 32.1. The molecule has 29 heavy (non-hydrogen) atoms. The number of halogens is 1. The molecular weight excluding hydrogens is 389 g/mol. The fourth-order valence-corrected chi connectivity index (χ4v) is 5.43. The van der Waals surface area contributed by atoms with Crippen molar-refractivity contribution in [3.63, 3.8) is 0 Å². The summed E-state index contributed by atoms with van der Waals surface area (Å²) in [5.41, 5.74) is 2.29. The van der Waals surface area contributed by atoms with Crippen molar-refractivity contribution in [1.82, 2.24) is 14.9 Å². The minimum absolute atomic E-state index is 0.214. The maximum absolute atomic E-state index is 13.5. The van der Waals surface area contributed by atoms with E-state index in [2.05, 4.69) is 11.1 Å². The molecule has 5 nitrogen and oxygen atoms in total. The zero-order valence-corrected chi connectivity index (χ0v) is 16.5. The topological polar surface area (TPSA) is 69.2 Å². The number of likely N-dealkylation sites (tertiary alicyclic amines) is 1. The summed E-state index contributed by atoms with van der Waals surface area (Å²) in [5.74, 6) is -1.02. The number of para-hydroxylation sites is 1. The molecule has 1 aliphatic rings. The Hall–Kier alpha value is -2.77. The maximum atomic E-state index is 13.5. The van der Waals surface area contributed by atoms with E-state index in [0.29, 0.717) is 24.2 Å². The first kappa shape index (κ1) is 18.3. The number of hydrogen-bond donors (Lipinski definition) is 2. The molecule has 2 aromatic heterocycles. The van der Waals surface area contributed by atoms with Crippen molar-refractivity contribution in [3.8, 4) is 0 Å². The number of nitrogens with one attached hydrogen (secondary N) is 1. The monoisotopic (exact) mass is 409 g/mol. The average molecular weight is 409 g/mol. The molecule has 1 aliphatic heterocycles. The van der Waals surface area contributed by atoms with Crippen LogP contribution in [0, 0.1) is 5.82 Å². The molecule has 2 atom stereocenters. The summed E-state index contributed by atoms with van der Waals surface area (Å²) in [7, 11) is 0. The fraction of sp³-hybridized carbons (Fsp3) is 0.273. The van der Waals surface area contributed by atoms with Gasteiger partial charge in [0.05, 0.1) is 15.2 Å². The summed E-state index contributed by atoms with van der Waals surface area (Å²) >= 11 is 1.69. The van der Waals surface area contributed by atoms with Crippen molar-refractivity contribution in [3.05, 3.63) is 65.0 Å². The lowest BCUT2D eigenvalue weighted by molar-refractivity contribution is -0.144. The Morgan fingerprint density at radius 1 is 1.31 bits per heavy atom. The minimum Gasteiger partial charge on any atom is -0.480 e. The molecule has 2 N–H and O–H groups in total. The van der Waals surface area contributed by atoms with Gasteiger partial charge in [-0.3, -0.25) is 9.69 Å². The largest absolute Gasteiger partial charge is 0.480 e. The van der Waals surface area contributed by atoms with Gasteiger partial charge in [-0.1, -0.05) is 12.1 Å². The number of aromatic amines is 1. The smallest absolute Gasteiger partial charge is 0.325 e. The molecule has 2 aromatic carbocycles. The Labute approximate surface area is 170 Å². The Morgan fingerprint density at radius 2 is 2.17 bits per heavy atom. The second-order valence-corrected chi connectivity index (χ2v) is 8.59. The van der Waals surface area contributed by atoms with Gasteiger partial charge in [-0.25, -0.2) is 9.37 Å². The summed E-state index contributed by atoms with van der Waals surface area (Å²) in [6.45, 7) is 1.36. The van der Waals surface area contributed by atoms with Crippen LogP contribution < -0.4 is 0 Å². The fourth-order valence-electron chi connectivity index (χ4n) is 4.34. The lowest BCUT2D eigenvalue weighted by Gasteiger charge is -2.35. The predicted molar refractivity (Wildman–Crippen MR) is 112 cm³/mol. The summed E-state index contributed by atoms with van der Waals surface area (Å²) in [4.78, 5) is 22.1. The van der Waals surface area contributed by atoms with Gasteiger partial charge in [-0.15, -0.1) is 11.3 Å². The molecule has 0 saturated carbocycles. The van der Waals surface area contributed by atoms with E-state index in [1.165, 1.54) is 12.1 Å². The molecule has 148 valence electrons. The van der Waals surface area contributed by atoms with E-state index in [0.717, 1.165) is 33.5 Å². The highest BCUT2D eigenvalue weighted by Gasteiger charge is 2.34. The summed E-state index contributed by atoms with van der Waals surface area (Å²) < 4.78 is 14.7. The van der Waals surface area contributed by atoms with E-state index in [4.69, 9.17) is 4.98 Å². The van der Waals surface area contributed by atoms with Crippen LogP contribution in [-0.2, 0) is 4.79 Å². The maximum Gasteiger partial charge on any atom is 0.325 e. The number of rotatable bonds is 4. The number of aromatic nitrogens is 2. The molecule has 0 bridgehead atoms. The summed E-state index contributed by atoms with van der Waals surface area (Å²) in [6.07, 6.45) is 3.62. The molecule has 0 aliphatic carbocycles. The number of carboxylic acid groups (broad SMARTS) is 1. The first-order valence-corrected chi connectivity index (χ1v) is 10.5. The van der Waals surface area contributed by atoms with Crippen molar-refractivity contribution >= 4 is 38.4 Å². The van der Waals surface area contributed by atoms with Gasteiger partial charge in [-0.2, -0.15) is 0 Å². The predicted octanol–water partition coefficient (Wildman–Crippen LogP) is 4.92. The third kappa shape index (κ3) is 3.30. The summed E-state index contributed by atoms with van der Waals surface area (Å²) in [5, 5.41) is 11.9. The number of fused-ring (bicyclic) bond motifs is 2. The Morgan fingerprint density at radius 3 is 3.00 bits per heavy atom. The van der Waals surface area contributed by atoms with Crippen LogP contribution in [0.5, 0.6) is 0 Å². The molecule has 0 spiro atoms. The Kier molecular flexibility index (Phi) is 4.56. The third-order valence-corrected chi connectivity index (χ3v) is 6.88. The molecule has 7 heteroatoms. The van der Waals surface area contributed by atoms with E-state index in [9.17, 15) is 14.3 Å². The van der Waals surface area contributed by atoms with Crippen LogP contribution in [0.25, 0.3) is 21.1 Å². The Balaban J connectivity index is 1.47. The van der Waals surface area contributed by atoms with Crippen molar-refractivity contribution in [2.45, 2.75) is 24.8 Å². The molecule has 1 fully saturated rings. The number of benzene rings is 2. The third-order valence-electron chi connectivity index (χ3n) is 5.68. The van der Waals surface area contributed by atoms with Crippen LogP contribution in [0.4, 0.5) is 4.39 Å². The number of carboxylic acids is 1. The van der Waals surface area contributed by atoms with Crippen LogP contribution >= 0.6 is 11.3 Å². The number of piperidine rings is 1. The number of thiazole rings is 1. The molecular formula is C22H20FN3O2S. The molecule has 0 unspecified atom stereocenters. The van der Waals surface area contributed by atoms with Gasteiger partial charge in [0.1, 0.15) is 11.9 Å². The number of carbonyl (C=O) groups is 1. The van der Waals surface area contributed by atoms with E-state index < -0.39 is 12.0 Å². The van der Waals surface area contributed by atoms with Gasteiger partial charge < -0.3 is 10.1 Å². The molecule has 4 aromatic rings. The van der Waals surface area contributed by atoms with Crippen LogP contribution in [0.2, 0.25) is 0 Å². The SMILES string of the molecule is O=C(O)[C@@H](c1c[nH]c2cc(F)ccc12)N1CCC[C@@H](c2nc3ccccc3s2)C1. The molecule has 3 heterocycles. The van der Waals surface area contributed by atoms with Gasteiger partial charge in [0.15, 0.2) is 0 Å². The standard InChI is InChI=1S/C22H20FN3O2S/c23-14-7-8-15-16(11-24-18(15)10-14)20(22(27)28)26-9-3-4-13(12-26)21-25-17-5-1-2-6-19(17)29-21/h1-2,5-8,10-11,13,20,24H,3-4,9,12H2,(H,27,28)/t13-,20-/m1/s1. The van der Waals surface area contributed by atoms with Crippen molar-refractivity contribution < 1.29 is 14.3 Å². The first-order valence-electron chi connectivity index (χ1n) is 9.69. The van der Waals surface area contributed by atoms with Crippen LogP contribution in [0.1, 0.15) is 35.4 Å². The zero-order valence-electron chi connectivity index (χ0n) is 15.6. The molecule has 1 saturated heterocycles. The van der Waals surface area contributed by atoms with Crippen LogP contribution in [0.3, 0.4) is 0 Å². The second-order valence-electron chi connectivity index (χ2n) is 7.53. The normalized spacial score (nSPS) is 19.0. The first-order chi connectivity index (χ1) is 14.1. The minimum atomic E-state index is -0.889. The number of hydrogen-bond acceptors (Lipinski definition) is 4. The van der Waals surface area contributed by atoms with Crippen LogP contribution in [0.15, 0.2) is 48.7 Å². The van der Waals surface area contributed by atoms with Gasteiger partial charge in [-0.05, 0) is 49.7 Å². The van der Waals surface area contributed by atoms with Gasteiger partial charge in [0, 0.05) is 35.1 Å². The Bertz CT molecular complexity index is 1170. The number of nitrogens with zero attached hydrogens (tertiary/aromatic N) is 2. The lowest BCUT2D eigenvalue weighted by atomic mass is 9.95. The highest BCUT2D eigenvalue weighted by Crippen LogP contribution is 2.37. The van der Waals surface area contributed by atoms with E-state index in [-0.39, 0.29) is 11.7 Å². The average Bonchev–Trinajstić information content (AvgIpc) is 3.32. The molecule has 0 amide bonds. The van der Waals surface area contributed by atoms with Gasteiger partial charge in [0.2, 0.25) is 0 Å². The number of aliphatic carboxylic acids is 1. The van der Waals surface area contributed by atoms with Crippen LogP contribution in [-0.4, -0.2) is 39.0 Å².